The smallest absolute Gasteiger partial charge is 0.226 e. The number of amides is 1. The third-order valence-electron chi connectivity index (χ3n) is 7.04. The van der Waals surface area contributed by atoms with Crippen molar-refractivity contribution in [3.8, 4) is 5.82 Å². The van der Waals surface area contributed by atoms with Crippen molar-refractivity contribution >= 4 is 34.6 Å². The second-order valence-corrected chi connectivity index (χ2v) is 10.4. The van der Waals surface area contributed by atoms with Gasteiger partial charge in [-0.2, -0.15) is 0 Å². The van der Waals surface area contributed by atoms with E-state index in [0.29, 0.717) is 5.11 Å². The number of aromatic nitrogens is 3. The molecule has 5 rings (SSSR count). The molecule has 0 radical (unpaired) electrons. The second-order valence-electron chi connectivity index (χ2n) is 9.99. The van der Waals surface area contributed by atoms with Gasteiger partial charge in [-0.25, -0.2) is 4.98 Å². The number of anilines is 2. The molecule has 1 aliphatic rings. The number of nitrogens with zero attached hydrogens (tertiary/aromatic N) is 4. The van der Waals surface area contributed by atoms with E-state index in [0.717, 1.165) is 45.4 Å². The fraction of sp³-hybridized carbons (Fsp3) is 0.267. The Labute approximate surface area is 228 Å². The van der Waals surface area contributed by atoms with Crippen molar-refractivity contribution in [3.05, 3.63) is 101 Å². The Kier molecular flexibility index (Phi) is 6.99. The molecule has 4 aromatic rings. The molecule has 0 unspecified atom stereocenters. The van der Waals surface area contributed by atoms with Crippen LogP contribution < -0.4 is 15.5 Å². The molecule has 0 saturated carbocycles. The van der Waals surface area contributed by atoms with Crippen molar-refractivity contribution in [1.29, 1.82) is 0 Å². The summed E-state index contributed by atoms with van der Waals surface area (Å²) in [4.78, 5) is 23.8. The summed E-state index contributed by atoms with van der Waals surface area (Å²) in [7, 11) is 0. The lowest BCUT2D eigenvalue weighted by atomic mass is 9.96. The van der Waals surface area contributed by atoms with E-state index < -0.39 is 0 Å². The zero-order chi connectivity index (χ0) is 27.0. The van der Waals surface area contributed by atoms with Crippen LogP contribution in [0.4, 0.5) is 11.4 Å². The second kappa shape index (κ2) is 10.4. The van der Waals surface area contributed by atoms with Gasteiger partial charge >= 0.3 is 0 Å². The van der Waals surface area contributed by atoms with Crippen LogP contribution in [0.5, 0.6) is 0 Å². The highest BCUT2D eigenvalue weighted by Gasteiger charge is 2.42. The Balaban J connectivity index is 1.61. The molecule has 1 aliphatic heterocycles. The van der Waals surface area contributed by atoms with Crippen LogP contribution in [0, 0.1) is 26.7 Å². The Morgan fingerprint density at radius 1 is 1.00 bits per heavy atom. The van der Waals surface area contributed by atoms with Gasteiger partial charge in [0.1, 0.15) is 5.82 Å². The third kappa shape index (κ3) is 4.67. The minimum absolute atomic E-state index is 0.00531. The SMILES string of the molecule is Cc1cc(N2C(=S)N[C@H](c3ccccn3)[C@H]2c2cc(C)n(-c3ccccn3)c2C)ccc1NC(=O)C(C)C. The number of nitrogens with one attached hydrogen (secondary N) is 2. The van der Waals surface area contributed by atoms with Crippen molar-refractivity contribution in [2.75, 3.05) is 10.2 Å². The van der Waals surface area contributed by atoms with Crippen molar-refractivity contribution in [2.24, 2.45) is 5.92 Å². The molecule has 1 aromatic carbocycles. The van der Waals surface area contributed by atoms with Crippen molar-refractivity contribution in [3.63, 3.8) is 0 Å². The molecule has 2 N–H and O–H groups in total. The van der Waals surface area contributed by atoms with Gasteiger partial charge in [-0.1, -0.05) is 26.0 Å². The Morgan fingerprint density at radius 3 is 2.37 bits per heavy atom. The minimum atomic E-state index is -0.151. The van der Waals surface area contributed by atoms with Crippen molar-refractivity contribution in [2.45, 2.75) is 46.7 Å². The van der Waals surface area contributed by atoms with Crippen LogP contribution in [0.25, 0.3) is 5.82 Å². The van der Waals surface area contributed by atoms with Gasteiger partial charge in [-0.3, -0.25) is 9.78 Å². The molecule has 2 atom stereocenters. The lowest BCUT2D eigenvalue weighted by molar-refractivity contribution is -0.118. The van der Waals surface area contributed by atoms with Crippen LogP contribution in [0.15, 0.2) is 73.1 Å². The summed E-state index contributed by atoms with van der Waals surface area (Å²) in [6.07, 6.45) is 3.62. The highest BCUT2D eigenvalue weighted by molar-refractivity contribution is 7.80. The van der Waals surface area contributed by atoms with Crippen LogP contribution >= 0.6 is 12.2 Å². The van der Waals surface area contributed by atoms with Crippen LogP contribution in [-0.4, -0.2) is 25.6 Å². The predicted molar refractivity (Wildman–Crippen MR) is 156 cm³/mol. The zero-order valence-electron chi connectivity index (χ0n) is 22.3. The number of benzene rings is 1. The minimum Gasteiger partial charge on any atom is -0.351 e. The highest BCUT2D eigenvalue weighted by Crippen LogP contribution is 2.44. The maximum absolute atomic E-state index is 12.3. The van der Waals surface area contributed by atoms with Crippen LogP contribution in [0.1, 0.15) is 54.1 Å². The number of pyridine rings is 2. The van der Waals surface area contributed by atoms with Gasteiger partial charge in [0.25, 0.3) is 0 Å². The molecule has 0 aliphatic carbocycles. The molecule has 1 fully saturated rings. The summed E-state index contributed by atoms with van der Waals surface area (Å²) in [5.41, 5.74) is 6.98. The first-order valence-corrected chi connectivity index (χ1v) is 13.2. The molecule has 1 amide bonds. The van der Waals surface area contributed by atoms with E-state index in [1.807, 2.05) is 81.7 Å². The number of hydrogen-bond donors (Lipinski definition) is 2. The molecule has 0 spiro atoms. The molecule has 8 heteroatoms. The van der Waals surface area contributed by atoms with Gasteiger partial charge in [-0.15, -0.1) is 0 Å². The number of carbonyl (C=O) groups excluding carboxylic acids is 1. The first-order chi connectivity index (χ1) is 18.3. The number of carbonyl (C=O) groups is 1. The molecule has 0 bridgehead atoms. The third-order valence-corrected chi connectivity index (χ3v) is 7.35. The van der Waals surface area contributed by atoms with E-state index in [2.05, 4.69) is 56.0 Å². The van der Waals surface area contributed by atoms with Crippen molar-refractivity contribution in [1.82, 2.24) is 19.9 Å². The highest BCUT2D eigenvalue weighted by atomic mass is 32.1. The quantitative estimate of drug-likeness (QED) is 0.303. The lowest BCUT2D eigenvalue weighted by Gasteiger charge is -2.29. The van der Waals surface area contributed by atoms with E-state index >= 15 is 0 Å². The fourth-order valence-corrected chi connectivity index (χ4v) is 5.44. The van der Waals surface area contributed by atoms with Gasteiger partial charge in [0.05, 0.1) is 17.8 Å². The number of rotatable bonds is 6. The maximum Gasteiger partial charge on any atom is 0.226 e. The first kappa shape index (κ1) is 25.6. The zero-order valence-corrected chi connectivity index (χ0v) is 23.1. The van der Waals surface area contributed by atoms with Gasteiger partial charge < -0.3 is 20.1 Å². The fourth-order valence-electron chi connectivity index (χ4n) is 5.09. The summed E-state index contributed by atoms with van der Waals surface area (Å²) in [5, 5.41) is 7.20. The van der Waals surface area contributed by atoms with E-state index in [1.165, 1.54) is 0 Å². The first-order valence-electron chi connectivity index (χ1n) is 12.8. The monoisotopic (exact) mass is 524 g/mol. The summed E-state index contributed by atoms with van der Waals surface area (Å²) in [5.74, 6) is 0.779. The predicted octanol–water partition coefficient (Wildman–Crippen LogP) is 5.96. The van der Waals surface area contributed by atoms with E-state index in [4.69, 9.17) is 12.2 Å². The Bertz CT molecular complexity index is 1480. The molecule has 1 saturated heterocycles. The molecular formula is C30H32N6OS. The number of hydrogen-bond acceptors (Lipinski definition) is 4. The van der Waals surface area contributed by atoms with Gasteiger partial charge in [-0.05, 0) is 92.6 Å². The van der Waals surface area contributed by atoms with E-state index in [9.17, 15) is 4.79 Å². The van der Waals surface area contributed by atoms with Crippen LogP contribution in [0.3, 0.4) is 0 Å². The maximum atomic E-state index is 12.3. The normalized spacial score (nSPS) is 17.1. The van der Waals surface area contributed by atoms with E-state index in [-0.39, 0.29) is 23.9 Å². The standard InChI is InChI=1S/C30H32N6OS/c1-18(2)29(37)33-24-13-12-22(16-19(24)3)36-28(27(34-30(36)38)25-10-6-8-14-31-25)23-17-20(4)35(21(23)5)26-11-7-9-15-32-26/h6-18,27-28H,1-5H3,(H,33,37)(H,34,38)/t27-,28-/m1/s1. The number of aryl methyl sites for hydroxylation is 2. The average molecular weight is 525 g/mol. The average Bonchev–Trinajstić information content (AvgIpc) is 3.41. The van der Waals surface area contributed by atoms with Crippen LogP contribution in [-0.2, 0) is 4.79 Å². The Hall–Kier alpha value is -4.04. The molecule has 38 heavy (non-hydrogen) atoms. The summed E-state index contributed by atoms with van der Waals surface area (Å²) < 4.78 is 2.18. The topological polar surface area (TPSA) is 75.1 Å². The summed E-state index contributed by atoms with van der Waals surface area (Å²) >= 11 is 5.93. The number of thiocarbonyl (C=S) groups is 1. The van der Waals surface area contributed by atoms with Gasteiger partial charge in [0.15, 0.2) is 5.11 Å². The van der Waals surface area contributed by atoms with Gasteiger partial charge in [0.2, 0.25) is 5.91 Å². The van der Waals surface area contributed by atoms with Crippen LogP contribution in [0.2, 0.25) is 0 Å². The summed E-state index contributed by atoms with van der Waals surface area (Å²) in [6, 6.07) is 19.9. The molecule has 194 valence electrons. The summed E-state index contributed by atoms with van der Waals surface area (Å²) in [6.45, 7) is 10.0. The molecule has 3 aromatic heterocycles. The lowest BCUT2D eigenvalue weighted by Crippen LogP contribution is -2.29. The molecule has 7 nitrogen and oxygen atoms in total. The van der Waals surface area contributed by atoms with Gasteiger partial charge in [0, 0.05) is 41.1 Å². The largest absolute Gasteiger partial charge is 0.351 e. The van der Waals surface area contributed by atoms with E-state index in [1.54, 1.807) is 0 Å². The molecule has 4 heterocycles. The molecular weight excluding hydrogens is 492 g/mol. The Morgan fingerprint density at radius 2 is 1.74 bits per heavy atom. The van der Waals surface area contributed by atoms with Crippen molar-refractivity contribution < 1.29 is 4.79 Å².